The molecule has 0 bridgehead atoms. The first-order valence-corrected chi connectivity index (χ1v) is 10.8. The first-order chi connectivity index (χ1) is 9.58. The van der Waals surface area contributed by atoms with E-state index in [2.05, 4.69) is 27.7 Å². The van der Waals surface area contributed by atoms with Crippen molar-refractivity contribution in [3.05, 3.63) is 0 Å². The molecular formula is C18H39OP. The van der Waals surface area contributed by atoms with Crippen LogP contribution in [0.3, 0.4) is 0 Å². The second kappa shape index (κ2) is 13.1. The molecule has 0 rings (SSSR count). The van der Waals surface area contributed by atoms with Gasteiger partial charge in [0.25, 0.3) is 0 Å². The largest absolute Gasteiger partial charge is 0.389 e. The molecular weight excluding hydrogens is 263 g/mol. The molecule has 0 aliphatic rings. The van der Waals surface area contributed by atoms with Gasteiger partial charge in [0.05, 0.1) is 5.85 Å². The van der Waals surface area contributed by atoms with Crippen molar-refractivity contribution < 1.29 is 5.11 Å². The molecule has 0 fully saturated rings. The predicted molar refractivity (Wildman–Crippen MR) is 94.9 cm³/mol. The maximum atomic E-state index is 10.2. The van der Waals surface area contributed by atoms with Crippen molar-refractivity contribution in [2.75, 3.05) is 12.3 Å². The van der Waals surface area contributed by atoms with Crippen LogP contribution in [0.25, 0.3) is 0 Å². The van der Waals surface area contributed by atoms with Crippen LogP contribution in [0, 0.1) is 11.8 Å². The molecule has 1 N–H and O–H groups in total. The minimum atomic E-state index is -0.188. The van der Waals surface area contributed by atoms with Crippen molar-refractivity contribution in [2.24, 2.45) is 11.8 Å². The molecule has 0 saturated carbocycles. The Balaban J connectivity index is 4.37. The number of rotatable bonds is 13. The molecule has 0 aliphatic carbocycles. The second-order valence-electron chi connectivity index (χ2n) is 6.42. The minimum absolute atomic E-state index is 0.0728. The van der Waals surface area contributed by atoms with Gasteiger partial charge in [0.15, 0.2) is 0 Å². The number of hydrogen-bond donors (Lipinski definition) is 1. The van der Waals surface area contributed by atoms with Crippen LogP contribution in [-0.4, -0.2) is 23.3 Å². The van der Waals surface area contributed by atoms with Crippen molar-refractivity contribution in [1.82, 2.24) is 0 Å². The third kappa shape index (κ3) is 9.35. The van der Waals surface area contributed by atoms with Gasteiger partial charge in [0.1, 0.15) is 0 Å². The molecule has 1 nitrogen and oxygen atoms in total. The molecule has 0 aromatic carbocycles. The summed E-state index contributed by atoms with van der Waals surface area (Å²) in [5.41, 5.74) is 0. The summed E-state index contributed by atoms with van der Waals surface area (Å²) in [6.07, 6.45) is 13.2. The fraction of sp³-hybridized carbons (Fsp3) is 1.00. The van der Waals surface area contributed by atoms with Crippen LogP contribution in [0.15, 0.2) is 0 Å². The SMILES string of the molecule is CCCCC(CC)CP(CC(CC)CCCC)C(C)O. The zero-order valence-corrected chi connectivity index (χ0v) is 15.6. The lowest BCUT2D eigenvalue weighted by Gasteiger charge is -2.29. The highest BCUT2D eigenvalue weighted by molar-refractivity contribution is 7.58. The standard InChI is InChI=1S/C18H39OP/c1-6-10-12-17(8-3)14-20(16(5)19)15-18(9-4)13-11-7-2/h16-19H,6-15H2,1-5H3. The van der Waals surface area contributed by atoms with Crippen molar-refractivity contribution in [1.29, 1.82) is 0 Å². The Morgan fingerprint density at radius 2 is 1.20 bits per heavy atom. The zero-order valence-electron chi connectivity index (χ0n) is 14.7. The normalized spacial score (nSPS) is 17.7. The summed E-state index contributed by atoms with van der Waals surface area (Å²) in [6, 6.07) is 0. The van der Waals surface area contributed by atoms with E-state index in [1.807, 2.05) is 6.92 Å². The van der Waals surface area contributed by atoms with Crippen molar-refractivity contribution in [3.8, 4) is 0 Å². The smallest absolute Gasteiger partial charge is 0.0702 e. The van der Waals surface area contributed by atoms with Crippen LogP contribution in [0.1, 0.15) is 86.0 Å². The van der Waals surface area contributed by atoms with E-state index in [9.17, 15) is 5.11 Å². The fourth-order valence-electron chi connectivity index (χ4n) is 2.88. The summed E-state index contributed by atoms with van der Waals surface area (Å²) in [7, 11) is -0.188. The topological polar surface area (TPSA) is 20.2 Å². The third-order valence-electron chi connectivity index (χ3n) is 4.60. The Kier molecular flexibility index (Phi) is 13.3. The average molecular weight is 302 g/mol. The highest BCUT2D eigenvalue weighted by atomic mass is 31.1. The van der Waals surface area contributed by atoms with E-state index in [1.54, 1.807) is 0 Å². The maximum absolute atomic E-state index is 10.2. The summed E-state index contributed by atoms with van der Waals surface area (Å²) < 4.78 is 0. The Morgan fingerprint density at radius 1 is 0.800 bits per heavy atom. The van der Waals surface area contributed by atoms with Gasteiger partial charge < -0.3 is 5.11 Å². The van der Waals surface area contributed by atoms with Gasteiger partial charge in [-0.25, -0.2) is 0 Å². The summed E-state index contributed by atoms with van der Waals surface area (Å²) in [5, 5.41) is 10.2. The molecule has 0 amide bonds. The maximum Gasteiger partial charge on any atom is 0.0702 e. The highest BCUT2D eigenvalue weighted by Gasteiger charge is 2.22. The molecule has 0 spiro atoms. The van der Waals surface area contributed by atoms with Gasteiger partial charge in [0.2, 0.25) is 0 Å². The van der Waals surface area contributed by atoms with E-state index in [0.29, 0.717) is 0 Å². The van der Waals surface area contributed by atoms with E-state index < -0.39 is 0 Å². The quantitative estimate of drug-likeness (QED) is 0.399. The van der Waals surface area contributed by atoms with Gasteiger partial charge >= 0.3 is 0 Å². The Morgan fingerprint density at radius 3 is 1.45 bits per heavy atom. The molecule has 0 aromatic heterocycles. The van der Waals surface area contributed by atoms with E-state index in [4.69, 9.17) is 0 Å². The lowest BCUT2D eigenvalue weighted by atomic mass is 10.0. The number of unbranched alkanes of at least 4 members (excludes halogenated alkanes) is 2. The van der Waals surface area contributed by atoms with Gasteiger partial charge in [-0.15, -0.1) is 0 Å². The van der Waals surface area contributed by atoms with Gasteiger partial charge in [-0.3, -0.25) is 0 Å². The minimum Gasteiger partial charge on any atom is -0.389 e. The molecule has 3 atom stereocenters. The first-order valence-electron chi connectivity index (χ1n) is 9.00. The van der Waals surface area contributed by atoms with Gasteiger partial charge in [0, 0.05) is 0 Å². The van der Waals surface area contributed by atoms with Gasteiger partial charge in [-0.2, -0.15) is 0 Å². The Bertz CT molecular complexity index is 188. The average Bonchev–Trinajstić information content (AvgIpc) is 2.45. The van der Waals surface area contributed by atoms with Crippen LogP contribution in [0.4, 0.5) is 0 Å². The summed E-state index contributed by atoms with van der Waals surface area (Å²) in [4.78, 5) is 0. The number of aliphatic hydroxyl groups is 1. The van der Waals surface area contributed by atoms with Crippen LogP contribution in [0.2, 0.25) is 0 Å². The molecule has 0 aromatic rings. The Hall–Kier alpha value is 0.390. The molecule has 122 valence electrons. The van der Waals surface area contributed by atoms with Crippen molar-refractivity contribution >= 4 is 7.92 Å². The first kappa shape index (κ1) is 20.4. The molecule has 3 unspecified atom stereocenters. The lowest BCUT2D eigenvalue weighted by molar-refractivity contribution is 0.274. The van der Waals surface area contributed by atoms with E-state index in [0.717, 1.165) is 11.8 Å². The summed E-state index contributed by atoms with van der Waals surface area (Å²) in [5.74, 6) is 1.62. The van der Waals surface area contributed by atoms with Crippen LogP contribution < -0.4 is 0 Å². The van der Waals surface area contributed by atoms with E-state index in [-0.39, 0.29) is 13.8 Å². The summed E-state index contributed by atoms with van der Waals surface area (Å²) in [6.45, 7) is 11.2. The summed E-state index contributed by atoms with van der Waals surface area (Å²) >= 11 is 0. The van der Waals surface area contributed by atoms with Crippen LogP contribution in [-0.2, 0) is 0 Å². The van der Waals surface area contributed by atoms with Crippen LogP contribution in [0.5, 0.6) is 0 Å². The lowest BCUT2D eigenvalue weighted by Crippen LogP contribution is -2.16. The van der Waals surface area contributed by atoms with E-state index >= 15 is 0 Å². The van der Waals surface area contributed by atoms with Gasteiger partial charge in [-0.05, 0) is 31.1 Å². The molecule has 2 heteroatoms. The molecule has 0 aliphatic heterocycles. The highest BCUT2D eigenvalue weighted by Crippen LogP contribution is 2.46. The Labute approximate surface area is 129 Å². The number of hydrogen-bond acceptors (Lipinski definition) is 1. The molecule has 20 heavy (non-hydrogen) atoms. The molecule has 0 radical (unpaired) electrons. The predicted octanol–water partition coefficient (Wildman–Crippen LogP) is 6.24. The van der Waals surface area contributed by atoms with E-state index in [1.165, 1.54) is 63.7 Å². The molecule has 0 saturated heterocycles. The number of aliphatic hydroxyl groups excluding tert-OH is 1. The third-order valence-corrected chi connectivity index (χ3v) is 7.63. The zero-order chi connectivity index (χ0) is 15.4. The van der Waals surface area contributed by atoms with Gasteiger partial charge in [-0.1, -0.05) is 87.0 Å². The van der Waals surface area contributed by atoms with Crippen molar-refractivity contribution in [2.45, 2.75) is 91.8 Å². The second-order valence-corrected chi connectivity index (χ2v) is 9.07. The van der Waals surface area contributed by atoms with Crippen molar-refractivity contribution in [3.63, 3.8) is 0 Å². The fourth-order valence-corrected chi connectivity index (χ4v) is 5.84. The van der Waals surface area contributed by atoms with Crippen LogP contribution >= 0.6 is 7.92 Å². The molecule has 0 heterocycles. The monoisotopic (exact) mass is 302 g/mol.